The summed E-state index contributed by atoms with van der Waals surface area (Å²) in [7, 11) is 0. The van der Waals surface area contributed by atoms with Gasteiger partial charge in [-0.3, -0.25) is 9.69 Å². The molecule has 0 bridgehead atoms. The number of nitrogens with one attached hydrogen (secondary N) is 1. The molecule has 184 valence electrons. The first-order chi connectivity index (χ1) is 16.4. The molecule has 1 aliphatic heterocycles. The molecular weight excluding hydrogens is 420 g/mol. The molecule has 1 heterocycles. The van der Waals surface area contributed by atoms with E-state index >= 15 is 0 Å². The monoisotopic (exact) mass is 462 g/mol. The Bertz CT molecular complexity index is 960. The molecule has 2 aromatic carbocycles. The molecule has 1 fully saturated rings. The van der Waals surface area contributed by atoms with Gasteiger partial charge in [0.2, 0.25) is 0 Å². The van der Waals surface area contributed by atoms with Crippen molar-refractivity contribution in [3.8, 4) is 0 Å². The number of hydrogen-bond acceptors (Lipinski definition) is 3. The lowest BCUT2D eigenvalue weighted by Crippen LogP contribution is -2.32. The van der Waals surface area contributed by atoms with E-state index in [-0.39, 0.29) is 18.6 Å². The van der Waals surface area contributed by atoms with Crippen molar-refractivity contribution < 1.29 is 9.90 Å². The van der Waals surface area contributed by atoms with Gasteiger partial charge in [0, 0.05) is 31.3 Å². The Kier molecular flexibility index (Phi) is 8.10. The molecule has 34 heavy (non-hydrogen) atoms. The lowest BCUT2D eigenvalue weighted by molar-refractivity contribution is 0.0930. The first-order valence-corrected chi connectivity index (χ1v) is 13.2. The highest BCUT2D eigenvalue weighted by Gasteiger charge is 2.34. The second-order valence-electron chi connectivity index (χ2n) is 11.1. The topological polar surface area (TPSA) is 52.6 Å². The van der Waals surface area contributed by atoms with Gasteiger partial charge in [-0.15, -0.1) is 0 Å². The SMILES string of the molecule is Cc1ccc([C@H](CCO)NC(=O)c2ccc3c(c2)CN(C[C@H]2CC[C@H](C)CC2)[C@H]3C(C)C)cc1. The van der Waals surface area contributed by atoms with E-state index in [1.807, 2.05) is 18.2 Å². The largest absolute Gasteiger partial charge is 0.396 e. The molecule has 0 aromatic heterocycles. The van der Waals surface area contributed by atoms with Crippen LogP contribution in [0.1, 0.15) is 97.6 Å². The van der Waals surface area contributed by atoms with Gasteiger partial charge in [0.05, 0.1) is 6.04 Å². The number of nitrogens with zero attached hydrogens (tertiary/aromatic N) is 1. The Morgan fingerprint density at radius 2 is 1.79 bits per heavy atom. The summed E-state index contributed by atoms with van der Waals surface area (Å²) in [5.74, 6) is 2.15. The first kappa shape index (κ1) is 24.9. The number of aryl methyl sites for hydroxylation is 1. The number of rotatable bonds is 8. The summed E-state index contributed by atoms with van der Waals surface area (Å²) in [6.45, 7) is 11.2. The fourth-order valence-corrected chi connectivity index (χ4v) is 5.98. The van der Waals surface area contributed by atoms with Crippen molar-refractivity contribution in [1.29, 1.82) is 0 Å². The third-order valence-electron chi connectivity index (χ3n) is 7.95. The van der Waals surface area contributed by atoms with Crippen LogP contribution in [0.15, 0.2) is 42.5 Å². The van der Waals surface area contributed by atoms with Crippen molar-refractivity contribution in [1.82, 2.24) is 10.2 Å². The van der Waals surface area contributed by atoms with Crippen LogP contribution < -0.4 is 5.32 Å². The van der Waals surface area contributed by atoms with Gasteiger partial charge in [-0.1, -0.05) is 69.5 Å². The number of carbonyl (C=O) groups is 1. The second-order valence-corrected chi connectivity index (χ2v) is 11.1. The molecule has 0 radical (unpaired) electrons. The summed E-state index contributed by atoms with van der Waals surface area (Å²) in [6.07, 6.45) is 5.91. The third-order valence-corrected chi connectivity index (χ3v) is 7.95. The molecule has 2 atom stereocenters. The Morgan fingerprint density at radius 1 is 1.09 bits per heavy atom. The Labute approximate surface area is 205 Å². The van der Waals surface area contributed by atoms with Gasteiger partial charge in [-0.25, -0.2) is 0 Å². The molecule has 0 saturated heterocycles. The molecule has 0 spiro atoms. The molecule has 1 saturated carbocycles. The van der Waals surface area contributed by atoms with Crippen molar-refractivity contribution in [2.45, 2.75) is 78.4 Å². The molecule has 1 aliphatic carbocycles. The third kappa shape index (κ3) is 5.72. The minimum Gasteiger partial charge on any atom is -0.396 e. The number of aliphatic hydroxyl groups excluding tert-OH is 1. The van der Waals surface area contributed by atoms with Crippen LogP contribution in [0.4, 0.5) is 0 Å². The lowest BCUT2D eigenvalue weighted by Gasteiger charge is -2.34. The molecule has 4 nitrogen and oxygen atoms in total. The summed E-state index contributed by atoms with van der Waals surface area (Å²) in [6, 6.07) is 14.7. The van der Waals surface area contributed by atoms with E-state index in [0.717, 1.165) is 30.5 Å². The van der Waals surface area contributed by atoms with Crippen molar-refractivity contribution in [3.63, 3.8) is 0 Å². The predicted octanol–water partition coefficient (Wildman–Crippen LogP) is 6.19. The van der Waals surface area contributed by atoms with Crippen LogP contribution in [0.25, 0.3) is 0 Å². The zero-order valence-corrected chi connectivity index (χ0v) is 21.4. The highest BCUT2D eigenvalue weighted by molar-refractivity contribution is 5.94. The average molecular weight is 463 g/mol. The van der Waals surface area contributed by atoms with Gasteiger partial charge in [0.25, 0.3) is 5.91 Å². The second kappa shape index (κ2) is 11.0. The van der Waals surface area contributed by atoms with Gasteiger partial charge in [0.1, 0.15) is 0 Å². The van der Waals surface area contributed by atoms with Crippen molar-refractivity contribution in [2.24, 2.45) is 17.8 Å². The molecular formula is C30H42N2O2. The van der Waals surface area contributed by atoms with E-state index in [0.29, 0.717) is 23.9 Å². The van der Waals surface area contributed by atoms with Crippen LogP contribution in [0, 0.1) is 24.7 Å². The highest BCUT2D eigenvalue weighted by atomic mass is 16.3. The molecule has 1 amide bonds. The predicted molar refractivity (Wildman–Crippen MR) is 139 cm³/mol. The zero-order chi connectivity index (χ0) is 24.2. The van der Waals surface area contributed by atoms with E-state index in [1.165, 1.54) is 42.4 Å². The van der Waals surface area contributed by atoms with Crippen molar-refractivity contribution in [2.75, 3.05) is 13.2 Å². The van der Waals surface area contributed by atoms with Crippen LogP contribution in [0.2, 0.25) is 0 Å². The van der Waals surface area contributed by atoms with Crippen LogP contribution in [0.5, 0.6) is 0 Å². The average Bonchev–Trinajstić information content (AvgIpc) is 3.18. The molecule has 2 N–H and O–H groups in total. The summed E-state index contributed by atoms with van der Waals surface area (Å²) in [4.78, 5) is 15.9. The minimum atomic E-state index is -0.194. The minimum absolute atomic E-state index is 0.0357. The summed E-state index contributed by atoms with van der Waals surface area (Å²) in [5.41, 5.74) is 5.61. The summed E-state index contributed by atoms with van der Waals surface area (Å²) < 4.78 is 0. The van der Waals surface area contributed by atoms with Gasteiger partial charge < -0.3 is 10.4 Å². The van der Waals surface area contributed by atoms with Crippen LogP contribution in [-0.4, -0.2) is 29.1 Å². The Hall–Kier alpha value is -2.17. The lowest BCUT2D eigenvalue weighted by atomic mass is 9.82. The van der Waals surface area contributed by atoms with E-state index < -0.39 is 0 Å². The van der Waals surface area contributed by atoms with Crippen molar-refractivity contribution in [3.05, 3.63) is 70.3 Å². The van der Waals surface area contributed by atoms with Crippen LogP contribution >= 0.6 is 0 Å². The van der Waals surface area contributed by atoms with E-state index in [2.05, 4.69) is 62.2 Å². The van der Waals surface area contributed by atoms with E-state index in [9.17, 15) is 9.90 Å². The summed E-state index contributed by atoms with van der Waals surface area (Å²) >= 11 is 0. The van der Waals surface area contributed by atoms with Gasteiger partial charge in [-0.05, 0) is 72.8 Å². The van der Waals surface area contributed by atoms with E-state index in [4.69, 9.17) is 0 Å². The maximum Gasteiger partial charge on any atom is 0.251 e. The van der Waals surface area contributed by atoms with Crippen LogP contribution in [0.3, 0.4) is 0 Å². The Balaban J connectivity index is 1.48. The van der Waals surface area contributed by atoms with E-state index in [1.54, 1.807) is 0 Å². The van der Waals surface area contributed by atoms with Gasteiger partial charge in [-0.2, -0.15) is 0 Å². The maximum absolute atomic E-state index is 13.2. The van der Waals surface area contributed by atoms with Gasteiger partial charge >= 0.3 is 0 Å². The smallest absolute Gasteiger partial charge is 0.251 e. The van der Waals surface area contributed by atoms with Crippen molar-refractivity contribution >= 4 is 5.91 Å². The standard InChI is InChI=1S/C30H42N2O2/c1-20(2)29-27-14-13-25(17-26(27)19-32(29)18-23-9-5-21(3)6-10-23)30(34)31-28(15-16-33)24-11-7-22(4)8-12-24/h7-8,11-14,17,20-21,23,28-29,33H,5-6,9-10,15-16,18-19H2,1-4H3,(H,31,34)/t21-,23-,28-,29-/m0/s1. The summed E-state index contributed by atoms with van der Waals surface area (Å²) in [5, 5.41) is 12.7. The van der Waals surface area contributed by atoms with Crippen LogP contribution in [-0.2, 0) is 6.54 Å². The van der Waals surface area contributed by atoms with Gasteiger partial charge in [0.15, 0.2) is 0 Å². The number of carbonyl (C=O) groups excluding carboxylic acids is 1. The molecule has 2 aromatic rings. The maximum atomic E-state index is 13.2. The fourth-order valence-electron chi connectivity index (χ4n) is 5.98. The molecule has 2 aliphatic rings. The number of aliphatic hydroxyl groups is 1. The number of fused-ring (bicyclic) bond motifs is 1. The number of benzene rings is 2. The highest BCUT2D eigenvalue weighted by Crippen LogP contribution is 2.41. The number of amides is 1. The quantitative estimate of drug-likeness (QED) is 0.492. The Morgan fingerprint density at radius 3 is 2.44 bits per heavy atom. The molecule has 4 heteroatoms. The number of hydrogen-bond donors (Lipinski definition) is 2. The first-order valence-electron chi connectivity index (χ1n) is 13.2. The molecule has 0 unspecified atom stereocenters. The zero-order valence-electron chi connectivity index (χ0n) is 21.4. The molecule has 4 rings (SSSR count). The fraction of sp³-hybridized carbons (Fsp3) is 0.567. The normalized spacial score (nSPS) is 23.6.